The summed E-state index contributed by atoms with van der Waals surface area (Å²) in [5, 5.41) is 9.93. The normalized spacial score (nSPS) is 12.6. The fourth-order valence-corrected chi connectivity index (χ4v) is 0.346. The quantitative estimate of drug-likeness (QED) is 0.481. The first-order valence-corrected chi connectivity index (χ1v) is 2.50. The summed E-state index contributed by atoms with van der Waals surface area (Å²) in [6, 6.07) is 0. The fourth-order valence-electron chi connectivity index (χ4n) is 0.346. The number of hydrogen-bond donors (Lipinski definition) is 0. The molecule has 0 unspecified atom stereocenters. The maximum absolute atomic E-state index is 9.93. The summed E-state index contributed by atoms with van der Waals surface area (Å²) in [5.41, 5.74) is 0. The van der Waals surface area contributed by atoms with Gasteiger partial charge in [0.15, 0.2) is 0 Å². The van der Waals surface area contributed by atoms with Crippen LogP contribution in [0.3, 0.4) is 0 Å². The van der Waals surface area contributed by atoms with E-state index in [1.54, 1.807) is 13.0 Å². The minimum atomic E-state index is -1.01. The minimum absolute atomic E-state index is 0.396. The van der Waals surface area contributed by atoms with Gasteiger partial charge in [-0.05, 0) is 12.3 Å². The maximum Gasteiger partial charge on any atom is 0.0445 e. The monoisotopic (exact) mass is 113 g/mol. The zero-order valence-corrected chi connectivity index (χ0v) is 4.89. The molecule has 46 valence electrons. The number of carboxylic acids is 1. The molecule has 0 aliphatic heterocycles. The highest BCUT2D eigenvalue weighted by atomic mass is 16.4. The number of carbonyl (C=O) groups is 1. The van der Waals surface area contributed by atoms with E-state index in [2.05, 4.69) is 6.58 Å². The van der Waals surface area contributed by atoms with Crippen molar-refractivity contribution < 1.29 is 9.90 Å². The molecular weight excluding hydrogens is 104 g/mol. The minimum Gasteiger partial charge on any atom is -0.550 e. The lowest BCUT2D eigenvalue weighted by atomic mass is 10.1. The number of carbonyl (C=O) groups excluding carboxylic acids is 1. The van der Waals surface area contributed by atoms with E-state index >= 15 is 0 Å². The molecule has 2 nitrogen and oxygen atoms in total. The molecule has 8 heavy (non-hydrogen) atoms. The predicted octanol–water partition coefficient (Wildman–Crippen LogP) is -0.0515. The molecule has 0 aromatic heterocycles. The summed E-state index contributed by atoms with van der Waals surface area (Å²) in [6.07, 6.45) is 2.06. The van der Waals surface area contributed by atoms with Crippen molar-refractivity contribution in [3.63, 3.8) is 0 Å². The highest BCUT2D eigenvalue weighted by molar-refractivity contribution is 5.67. The molecule has 0 amide bonds. The SMILES string of the molecule is C=CC[C@H](C)C(=O)[O-]. The molecule has 0 aliphatic carbocycles. The van der Waals surface area contributed by atoms with Crippen LogP contribution in [0.5, 0.6) is 0 Å². The molecule has 0 rings (SSSR count). The average molecular weight is 113 g/mol. The van der Waals surface area contributed by atoms with Gasteiger partial charge >= 0.3 is 0 Å². The van der Waals surface area contributed by atoms with Gasteiger partial charge in [-0.15, -0.1) is 6.58 Å². The van der Waals surface area contributed by atoms with Gasteiger partial charge in [0.25, 0.3) is 0 Å². The van der Waals surface area contributed by atoms with Crippen LogP contribution in [0, 0.1) is 5.92 Å². The second-order valence-electron chi connectivity index (χ2n) is 1.74. The number of rotatable bonds is 3. The first-order chi connectivity index (χ1) is 3.68. The Balaban J connectivity index is 3.46. The molecule has 1 atom stereocenters. The van der Waals surface area contributed by atoms with Crippen molar-refractivity contribution >= 4 is 5.97 Å². The standard InChI is InChI=1S/C6H10O2/c1-3-4-5(2)6(7)8/h3,5H,1,4H2,2H3,(H,7,8)/p-1/t5-/m0/s1. The Morgan fingerprint density at radius 3 is 2.62 bits per heavy atom. The molecule has 0 saturated heterocycles. The Bertz CT molecular complexity index is 96.7. The first kappa shape index (κ1) is 7.21. The molecular formula is C6H9O2-. The molecule has 2 heteroatoms. The Labute approximate surface area is 48.8 Å². The lowest BCUT2D eigenvalue weighted by Crippen LogP contribution is -2.28. The van der Waals surface area contributed by atoms with E-state index in [-0.39, 0.29) is 0 Å². The third-order valence-electron chi connectivity index (χ3n) is 0.923. The molecule has 0 saturated carbocycles. The number of aliphatic carboxylic acids is 1. The first-order valence-electron chi connectivity index (χ1n) is 2.50. The van der Waals surface area contributed by atoms with Gasteiger partial charge in [0.2, 0.25) is 0 Å². The van der Waals surface area contributed by atoms with Crippen molar-refractivity contribution in [2.24, 2.45) is 5.92 Å². The topological polar surface area (TPSA) is 40.1 Å². The molecule has 0 bridgehead atoms. The Kier molecular flexibility index (Phi) is 2.92. The highest BCUT2D eigenvalue weighted by Crippen LogP contribution is 1.98. The van der Waals surface area contributed by atoms with Gasteiger partial charge in [0.1, 0.15) is 0 Å². The van der Waals surface area contributed by atoms with E-state index in [9.17, 15) is 9.90 Å². The van der Waals surface area contributed by atoms with Gasteiger partial charge in [-0.25, -0.2) is 0 Å². The lowest BCUT2D eigenvalue weighted by molar-refractivity contribution is -0.310. The highest BCUT2D eigenvalue weighted by Gasteiger charge is 1.96. The summed E-state index contributed by atoms with van der Waals surface area (Å²) in [7, 11) is 0. The van der Waals surface area contributed by atoms with Crippen LogP contribution in [-0.2, 0) is 4.79 Å². The van der Waals surface area contributed by atoms with Crippen LogP contribution in [0.25, 0.3) is 0 Å². The Morgan fingerprint density at radius 1 is 2.00 bits per heavy atom. The van der Waals surface area contributed by atoms with Crippen LogP contribution in [0.1, 0.15) is 13.3 Å². The molecule has 0 fully saturated rings. The van der Waals surface area contributed by atoms with Crippen molar-refractivity contribution in [1.29, 1.82) is 0 Å². The van der Waals surface area contributed by atoms with Crippen molar-refractivity contribution in [2.45, 2.75) is 13.3 Å². The molecule has 0 aromatic carbocycles. The Morgan fingerprint density at radius 2 is 2.50 bits per heavy atom. The van der Waals surface area contributed by atoms with Crippen molar-refractivity contribution in [2.75, 3.05) is 0 Å². The van der Waals surface area contributed by atoms with E-state index < -0.39 is 11.9 Å². The second-order valence-corrected chi connectivity index (χ2v) is 1.74. The van der Waals surface area contributed by atoms with Crippen molar-refractivity contribution in [1.82, 2.24) is 0 Å². The van der Waals surface area contributed by atoms with Crippen LogP contribution >= 0.6 is 0 Å². The smallest absolute Gasteiger partial charge is 0.0445 e. The van der Waals surface area contributed by atoms with Gasteiger partial charge in [-0.1, -0.05) is 13.0 Å². The summed E-state index contributed by atoms with van der Waals surface area (Å²) in [5.74, 6) is -1.41. The third kappa shape index (κ3) is 2.39. The number of allylic oxidation sites excluding steroid dienone is 1. The van der Waals surface area contributed by atoms with Crippen LogP contribution < -0.4 is 5.11 Å². The molecule has 0 aromatic rings. The zero-order valence-electron chi connectivity index (χ0n) is 4.89. The predicted molar refractivity (Wildman–Crippen MR) is 29.0 cm³/mol. The van der Waals surface area contributed by atoms with E-state index in [1.807, 2.05) is 0 Å². The van der Waals surface area contributed by atoms with E-state index in [1.165, 1.54) is 0 Å². The summed E-state index contributed by atoms with van der Waals surface area (Å²) in [4.78, 5) is 9.93. The van der Waals surface area contributed by atoms with E-state index in [0.29, 0.717) is 6.42 Å². The van der Waals surface area contributed by atoms with Gasteiger partial charge in [-0.2, -0.15) is 0 Å². The van der Waals surface area contributed by atoms with Crippen LogP contribution in [0.4, 0.5) is 0 Å². The molecule has 0 N–H and O–H groups in total. The van der Waals surface area contributed by atoms with E-state index in [0.717, 1.165) is 0 Å². The van der Waals surface area contributed by atoms with Gasteiger partial charge in [0.05, 0.1) is 0 Å². The second kappa shape index (κ2) is 3.24. The molecule has 0 aliphatic rings. The summed E-state index contributed by atoms with van der Waals surface area (Å²) < 4.78 is 0. The summed E-state index contributed by atoms with van der Waals surface area (Å²) in [6.45, 7) is 4.99. The van der Waals surface area contributed by atoms with Gasteiger partial charge in [0, 0.05) is 5.97 Å². The Hall–Kier alpha value is -0.790. The zero-order chi connectivity index (χ0) is 6.57. The molecule has 0 spiro atoms. The van der Waals surface area contributed by atoms with Gasteiger partial charge in [-0.3, -0.25) is 0 Å². The molecule has 0 heterocycles. The maximum atomic E-state index is 9.93. The fraction of sp³-hybridized carbons (Fsp3) is 0.500. The van der Waals surface area contributed by atoms with Gasteiger partial charge < -0.3 is 9.90 Å². The number of hydrogen-bond acceptors (Lipinski definition) is 2. The molecule has 0 radical (unpaired) electrons. The van der Waals surface area contributed by atoms with Crippen LogP contribution in [0.15, 0.2) is 12.7 Å². The number of carboxylic acid groups (broad SMARTS) is 1. The van der Waals surface area contributed by atoms with Crippen molar-refractivity contribution in [3.8, 4) is 0 Å². The van der Waals surface area contributed by atoms with Crippen molar-refractivity contribution in [3.05, 3.63) is 12.7 Å². The van der Waals surface area contributed by atoms with Crippen LogP contribution in [0.2, 0.25) is 0 Å². The van der Waals surface area contributed by atoms with Crippen LogP contribution in [-0.4, -0.2) is 5.97 Å². The van der Waals surface area contributed by atoms with E-state index in [4.69, 9.17) is 0 Å². The average Bonchev–Trinajstić information content (AvgIpc) is 1.67. The summed E-state index contributed by atoms with van der Waals surface area (Å²) >= 11 is 0. The largest absolute Gasteiger partial charge is 0.550 e. The lowest BCUT2D eigenvalue weighted by Gasteiger charge is -2.07. The third-order valence-corrected chi connectivity index (χ3v) is 0.923.